The van der Waals surface area contributed by atoms with E-state index in [2.05, 4.69) is 13.5 Å². The van der Waals surface area contributed by atoms with Crippen molar-refractivity contribution in [2.45, 2.75) is 38.4 Å². The Bertz CT molecular complexity index is 334. The van der Waals surface area contributed by atoms with Crippen molar-refractivity contribution in [2.24, 2.45) is 0 Å². The summed E-state index contributed by atoms with van der Waals surface area (Å²) in [7, 11) is 0. The molecule has 17 heavy (non-hydrogen) atoms. The highest BCUT2D eigenvalue weighted by molar-refractivity contribution is 5.89. The number of aliphatic hydroxyl groups is 2. The second-order valence-electron chi connectivity index (χ2n) is 3.89. The first-order valence-electron chi connectivity index (χ1n) is 5.68. The average Bonchev–Trinajstić information content (AvgIpc) is 2.51. The molecule has 5 nitrogen and oxygen atoms in total. The summed E-state index contributed by atoms with van der Waals surface area (Å²) in [6.07, 6.45) is 4.36. The topological polar surface area (TPSA) is 76.0 Å². The summed E-state index contributed by atoms with van der Waals surface area (Å²) in [5, 5.41) is 18.9. The van der Waals surface area contributed by atoms with Gasteiger partial charge < -0.3 is 19.7 Å². The van der Waals surface area contributed by atoms with Gasteiger partial charge in [0.25, 0.3) is 5.79 Å². The maximum Gasteiger partial charge on any atom is 0.380 e. The third-order valence-corrected chi connectivity index (χ3v) is 2.53. The predicted molar refractivity (Wildman–Crippen MR) is 61.4 cm³/mol. The van der Waals surface area contributed by atoms with Crippen LogP contribution >= 0.6 is 0 Å². The number of carbonyl (C=O) groups excluding carboxylic acids is 1. The second-order valence-corrected chi connectivity index (χ2v) is 3.89. The number of carbonyl (C=O) groups is 1. The zero-order valence-corrected chi connectivity index (χ0v) is 9.94. The van der Waals surface area contributed by atoms with E-state index < -0.39 is 23.3 Å². The lowest BCUT2D eigenvalue weighted by molar-refractivity contribution is -0.211. The molecule has 96 valence electrons. The van der Waals surface area contributed by atoms with Gasteiger partial charge in [0.2, 0.25) is 11.5 Å². The molecule has 0 aromatic heterocycles. The maximum atomic E-state index is 11.2. The van der Waals surface area contributed by atoms with Crippen LogP contribution in [0.3, 0.4) is 0 Å². The summed E-state index contributed by atoms with van der Waals surface area (Å²) in [4.78, 5) is 11.2. The molecule has 2 N–H and O–H groups in total. The number of unbranched alkanes of at least 4 members (excludes halogenated alkanes) is 2. The second kappa shape index (κ2) is 5.72. The van der Waals surface area contributed by atoms with Gasteiger partial charge in [-0.1, -0.05) is 25.8 Å². The molecule has 0 saturated carbocycles. The lowest BCUT2D eigenvalue weighted by Crippen LogP contribution is -2.35. The van der Waals surface area contributed by atoms with Crippen LogP contribution in [0.2, 0.25) is 0 Å². The molecule has 0 bridgehead atoms. The van der Waals surface area contributed by atoms with E-state index in [1.807, 2.05) is 0 Å². The Morgan fingerprint density at radius 2 is 2.18 bits per heavy atom. The van der Waals surface area contributed by atoms with Crippen LogP contribution < -0.4 is 0 Å². The minimum Gasteiger partial charge on any atom is -0.503 e. The van der Waals surface area contributed by atoms with Crippen molar-refractivity contribution in [2.75, 3.05) is 6.61 Å². The summed E-state index contributed by atoms with van der Waals surface area (Å²) in [5.41, 5.74) is 0. The van der Waals surface area contributed by atoms with Crippen molar-refractivity contribution >= 4 is 5.97 Å². The first kappa shape index (κ1) is 13.6. The van der Waals surface area contributed by atoms with Crippen molar-refractivity contribution in [3.63, 3.8) is 0 Å². The van der Waals surface area contributed by atoms with Crippen LogP contribution in [-0.2, 0) is 14.3 Å². The number of esters is 1. The quantitative estimate of drug-likeness (QED) is 0.407. The number of ether oxygens (including phenoxy) is 2. The van der Waals surface area contributed by atoms with Crippen molar-refractivity contribution in [3.05, 3.63) is 24.2 Å². The minimum atomic E-state index is -1.59. The van der Waals surface area contributed by atoms with Gasteiger partial charge in [-0.2, -0.15) is 0 Å². The number of hydrogen-bond donors (Lipinski definition) is 2. The van der Waals surface area contributed by atoms with Gasteiger partial charge in [-0.3, -0.25) is 0 Å². The van der Waals surface area contributed by atoms with Gasteiger partial charge in [0.15, 0.2) is 0 Å². The van der Waals surface area contributed by atoms with Gasteiger partial charge in [0.05, 0.1) is 6.61 Å². The minimum absolute atomic E-state index is 0.0980. The van der Waals surface area contributed by atoms with Crippen LogP contribution in [0, 0.1) is 0 Å². The van der Waals surface area contributed by atoms with Gasteiger partial charge in [0.1, 0.15) is 0 Å². The number of cyclic esters (lactones) is 1. The molecular formula is C12H18O5. The summed E-state index contributed by atoms with van der Waals surface area (Å²) in [6.45, 7) is 5.90. The fourth-order valence-electron chi connectivity index (χ4n) is 1.60. The maximum absolute atomic E-state index is 11.2. The van der Waals surface area contributed by atoms with Gasteiger partial charge in [-0.15, -0.1) is 6.58 Å². The molecule has 0 amide bonds. The molecule has 1 rings (SSSR count). The molecule has 1 aliphatic rings. The molecule has 0 saturated heterocycles. The first-order chi connectivity index (χ1) is 8.07. The van der Waals surface area contributed by atoms with Crippen LogP contribution in [0.25, 0.3) is 0 Å². The molecule has 1 aliphatic heterocycles. The summed E-state index contributed by atoms with van der Waals surface area (Å²) >= 11 is 0. The standard InChI is InChI=1S/C12H18O5/c1-3-5-6-8-16-12(7-4-2)10(14)9(13)11(15)17-12/h4,13-14H,2-3,5-8H2,1H3. The van der Waals surface area contributed by atoms with E-state index in [4.69, 9.17) is 9.47 Å². The molecule has 5 heteroatoms. The number of aliphatic hydroxyl groups excluding tert-OH is 2. The van der Waals surface area contributed by atoms with Crippen LogP contribution in [-0.4, -0.2) is 28.6 Å². The zero-order valence-electron chi connectivity index (χ0n) is 9.94. The van der Waals surface area contributed by atoms with E-state index in [9.17, 15) is 15.0 Å². The Morgan fingerprint density at radius 1 is 1.47 bits per heavy atom. The highest BCUT2D eigenvalue weighted by atomic mass is 16.7. The van der Waals surface area contributed by atoms with E-state index >= 15 is 0 Å². The molecule has 0 aliphatic carbocycles. The van der Waals surface area contributed by atoms with Gasteiger partial charge in [0, 0.05) is 6.42 Å². The third-order valence-electron chi connectivity index (χ3n) is 2.53. The normalized spacial score (nSPS) is 23.9. The number of hydrogen-bond acceptors (Lipinski definition) is 5. The molecule has 1 atom stereocenters. The molecule has 0 aromatic carbocycles. The Morgan fingerprint density at radius 3 is 2.65 bits per heavy atom. The smallest absolute Gasteiger partial charge is 0.380 e. The first-order valence-corrected chi connectivity index (χ1v) is 5.68. The van der Waals surface area contributed by atoms with Crippen LogP contribution in [0.5, 0.6) is 0 Å². The van der Waals surface area contributed by atoms with E-state index in [1.165, 1.54) is 6.08 Å². The predicted octanol–water partition coefficient (Wildman–Crippen LogP) is 2.35. The summed E-state index contributed by atoms with van der Waals surface area (Å²) in [6, 6.07) is 0. The zero-order chi connectivity index (χ0) is 12.9. The van der Waals surface area contributed by atoms with Crippen LogP contribution in [0.4, 0.5) is 0 Å². The molecule has 0 spiro atoms. The fraction of sp³-hybridized carbons (Fsp3) is 0.583. The van der Waals surface area contributed by atoms with E-state index in [0.717, 1.165) is 19.3 Å². The Balaban J connectivity index is 2.71. The Labute approximate surface area is 100 Å². The number of rotatable bonds is 7. The fourth-order valence-corrected chi connectivity index (χ4v) is 1.60. The molecule has 1 heterocycles. The summed E-state index contributed by atoms with van der Waals surface area (Å²) in [5.74, 6) is -3.92. The molecule has 0 fully saturated rings. The lowest BCUT2D eigenvalue weighted by atomic mass is 10.1. The summed E-state index contributed by atoms with van der Waals surface area (Å²) < 4.78 is 10.3. The van der Waals surface area contributed by atoms with E-state index in [1.54, 1.807) is 0 Å². The highest BCUT2D eigenvalue weighted by Gasteiger charge is 2.49. The molecule has 0 radical (unpaired) electrons. The van der Waals surface area contributed by atoms with E-state index in [0.29, 0.717) is 6.61 Å². The van der Waals surface area contributed by atoms with Crippen LogP contribution in [0.15, 0.2) is 24.2 Å². The van der Waals surface area contributed by atoms with Gasteiger partial charge >= 0.3 is 5.97 Å². The SMILES string of the molecule is C=CCC1(OCCCCC)OC(=O)C(O)=C1O. The van der Waals surface area contributed by atoms with Crippen LogP contribution in [0.1, 0.15) is 32.6 Å². The van der Waals surface area contributed by atoms with Gasteiger partial charge in [-0.05, 0) is 6.42 Å². The highest BCUT2D eigenvalue weighted by Crippen LogP contribution is 2.34. The Hall–Kier alpha value is -1.49. The molecule has 1 unspecified atom stereocenters. The third kappa shape index (κ3) is 2.79. The van der Waals surface area contributed by atoms with Gasteiger partial charge in [-0.25, -0.2) is 4.79 Å². The molecule has 0 aromatic rings. The monoisotopic (exact) mass is 242 g/mol. The largest absolute Gasteiger partial charge is 0.503 e. The van der Waals surface area contributed by atoms with Crippen molar-refractivity contribution in [1.29, 1.82) is 0 Å². The lowest BCUT2D eigenvalue weighted by Gasteiger charge is -2.26. The van der Waals surface area contributed by atoms with E-state index in [-0.39, 0.29) is 6.42 Å². The molecular weight excluding hydrogens is 224 g/mol. The van der Waals surface area contributed by atoms with Crippen molar-refractivity contribution in [1.82, 2.24) is 0 Å². The van der Waals surface area contributed by atoms with Crippen molar-refractivity contribution in [3.8, 4) is 0 Å². The van der Waals surface area contributed by atoms with Crippen molar-refractivity contribution < 1.29 is 24.5 Å². The average molecular weight is 242 g/mol. The Kier molecular flexibility index (Phi) is 4.57.